The number of methoxy groups -OCH3 is 1. The standard InChI is InChI=1S/C6H5BBrF3NO/c1-13-6-2-5(8)4(3-12-6)7(9,10)11/h2-3H,1H3/q-1. The fourth-order valence-corrected chi connectivity index (χ4v) is 1.33. The highest BCUT2D eigenvalue weighted by Gasteiger charge is 2.28. The van der Waals surface area contributed by atoms with Crippen molar-refractivity contribution in [2.24, 2.45) is 0 Å². The Morgan fingerprint density at radius 1 is 1.46 bits per heavy atom. The minimum atomic E-state index is -5.02. The summed E-state index contributed by atoms with van der Waals surface area (Å²) in [6, 6.07) is 1.19. The second-order valence-electron chi connectivity index (χ2n) is 2.32. The molecule has 0 saturated heterocycles. The van der Waals surface area contributed by atoms with Crippen molar-refractivity contribution in [2.75, 3.05) is 7.11 Å². The summed E-state index contributed by atoms with van der Waals surface area (Å²) < 4.78 is 41.3. The van der Waals surface area contributed by atoms with Crippen LogP contribution in [0.1, 0.15) is 0 Å². The Kier molecular flexibility index (Phi) is 2.85. The molecule has 0 aliphatic carbocycles. The van der Waals surface area contributed by atoms with E-state index in [9.17, 15) is 12.9 Å². The molecule has 0 N–H and O–H groups in total. The van der Waals surface area contributed by atoms with Crippen molar-refractivity contribution in [3.8, 4) is 5.88 Å². The summed E-state index contributed by atoms with van der Waals surface area (Å²) >= 11 is 2.80. The Bertz CT molecular complexity index is 317. The first kappa shape index (κ1) is 10.4. The minimum absolute atomic E-state index is 0.0492. The molecule has 1 aromatic heterocycles. The van der Waals surface area contributed by atoms with Gasteiger partial charge in [0.25, 0.3) is 0 Å². The van der Waals surface area contributed by atoms with E-state index in [0.29, 0.717) is 0 Å². The Balaban J connectivity index is 3.13. The van der Waals surface area contributed by atoms with Crippen LogP contribution >= 0.6 is 15.9 Å². The molecule has 0 radical (unpaired) electrons. The highest BCUT2D eigenvalue weighted by Crippen LogP contribution is 2.19. The van der Waals surface area contributed by atoms with Gasteiger partial charge in [0.1, 0.15) is 0 Å². The molecule has 7 heteroatoms. The van der Waals surface area contributed by atoms with Crippen LogP contribution in [0.3, 0.4) is 0 Å². The first-order valence-electron chi connectivity index (χ1n) is 3.34. The second kappa shape index (κ2) is 3.57. The molecule has 1 rings (SSSR count). The number of pyridine rings is 1. The lowest BCUT2D eigenvalue weighted by Crippen LogP contribution is -2.35. The van der Waals surface area contributed by atoms with Gasteiger partial charge in [-0.25, -0.2) is 4.98 Å². The number of hydrogen-bond donors (Lipinski definition) is 0. The Labute approximate surface area is 81.3 Å². The van der Waals surface area contributed by atoms with Gasteiger partial charge in [0.05, 0.1) is 7.11 Å². The minimum Gasteiger partial charge on any atom is -0.481 e. The maximum Gasteiger partial charge on any atom is 0.512 e. The molecular formula is C6H5BBrF3NO-. The fourth-order valence-electron chi connectivity index (χ4n) is 0.776. The molecule has 0 atom stereocenters. The molecule has 1 heterocycles. The first-order chi connectivity index (χ1) is 5.95. The third-order valence-electron chi connectivity index (χ3n) is 1.42. The molecule has 0 saturated carbocycles. The van der Waals surface area contributed by atoms with Crippen LogP contribution in [0.15, 0.2) is 16.7 Å². The monoisotopic (exact) mass is 254 g/mol. The maximum atomic E-state index is 12.2. The number of hydrogen-bond acceptors (Lipinski definition) is 2. The van der Waals surface area contributed by atoms with E-state index in [1.54, 1.807) is 0 Å². The highest BCUT2D eigenvalue weighted by molar-refractivity contribution is 9.10. The molecule has 0 aliphatic rings. The number of ether oxygens (including phenoxy) is 1. The van der Waals surface area contributed by atoms with Gasteiger partial charge in [-0.1, -0.05) is 21.4 Å². The highest BCUT2D eigenvalue weighted by atomic mass is 79.9. The van der Waals surface area contributed by atoms with E-state index in [4.69, 9.17) is 0 Å². The predicted molar refractivity (Wildman–Crippen MR) is 47.2 cm³/mol. The van der Waals surface area contributed by atoms with Crippen molar-refractivity contribution in [3.63, 3.8) is 0 Å². The Morgan fingerprint density at radius 2 is 2.08 bits per heavy atom. The Hall–Kier alpha value is -0.715. The molecule has 0 fully saturated rings. The third-order valence-corrected chi connectivity index (χ3v) is 2.11. The maximum absolute atomic E-state index is 12.2. The molecule has 0 bridgehead atoms. The van der Waals surface area contributed by atoms with Gasteiger partial charge in [-0.15, -0.1) is 0 Å². The van der Waals surface area contributed by atoms with Crippen LogP contribution in [0.5, 0.6) is 5.88 Å². The van der Waals surface area contributed by atoms with E-state index in [-0.39, 0.29) is 10.4 Å². The van der Waals surface area contributed by atoms with Crippen molar-refractivity contribution in [1.29, 1.82) is 0 Å². The summed E-state index contributed by atoms with van der Waals surface area (Å²) in [5.74, 6) is 0.149. The van der Waals surface area contributed by atoms with E-state index < -0.39 is 12.4 Å². The van der Waals surface area contributed by atoms with Gasteiger partial charge >= 0.3 is 6.98 Å². The number of halogens is 4. The van der Waals surface area contributed by atoms with E-state index in [1.807, 2.05) is 0 Å². The van der Waals surface area contributed by atoms with Crippen molar-refractivity contribution in [2.45, 2.75) is 0 Å². The van der Waals surface area contributed by atoms with E-state index in [0.717, 1.165) is 6.20 Å². The molecule has 0 amide bonds. The van der Waals surface area contributed by atoms with Gasteiger partial charge in [-0.05, 0) is 4.47 Å². The molecule has 0 spiro atoms. The van der Waals surface area contributed by atoms with Crippen LogP contribution < -0.4 is 10.2 Å². The summed E-state index contributed by atoms with van der Waals surface area (Å²) in [4.78, 5) is 3.47. The van der Waals surface area contributed by atoms with E-state index in [2.05, 4.69) is 25.7 Å². The van der Waals surface area contributed by atoms with E-state index >= 15 is 0 Å². The lowest BCUT2D eigenvalue weighted by molar-refractivity contribution is 0.397. The van der Waals surface area contributed by atoms with Gasteiger partial charge in [-0.3, -0.25) is 0 Å². The molecular weight excluding hydrogens is 250 g/mol. The third kappa shape index (κ3) is 2.36. The molecule has 0 unspecified atom stereocenters. The van der Waals surface area contributed by atoms with Crippen molar-refractivity contribution < 1.29 is 17.7 Å². The molecule has 2 nitrogen and oxygen atoms in total. The SMILES string of the molecule is COc1cc(Br)c([B-](F)(F)F)cn1. The smallest absolute Gasteiger partial charge is 0.481 e. The van der Waals surface area contributed by atoms with Gasteiger partial charge in [0.2, 0.25) is 5.88 Å². The quantitative estimate of drug-likeness (QED) is 0.753. The zero-order valence-electron chi connectivity index (χ0n) is 6.60. The molecule has 13 heavy (non-hydrogen) atoms. The van der Waals surface area contributed by atoms with Crippen LogP contribution in [0.2, 0.25) is 0 Å². The average molecular weight is 255 g/mol. The van der Waals surface area contributed by atoms with E-state index in [1.165, 1.54) is 13.2 Å². The second-order valence-corrected chi connectivity index (χ2v) is 3.18. The number of aromatic nitrogens is 1. The average Bonchev–Trinajstić information content (AvgIpc) is 2.01. The number of nitrogens with zero attached hydrogens (tertiary/aromatic N) is 1. The van der Waals surface area contributed by atoms with Crippen LogP contribution in [-0.2, 0) is 0 Å². The van der Waals surface area contributed by atoms with Crippen LogP contribution in [0, 0.1) is 0 Å². The van der Waals surface area contributed by atoms with Gasteiger partial charge in [0.15, 0.2) is 0 Å². The summed E-state index contributed by atoms with van der Waals surface area (Å²) in [5.41, 5.74) is -0.749. The lowest BCUT2D eigenvalue weighted by Gasteiger charge is -2.16. The Morgan fingerprint density at radius 3 is 2.46 bits per heavy atom. The van der Waals surface area contributed by atoms with Crippen LogP contribution in [-0.4, -0.2) is 19.1 Å². The van der Waals surface area contributed by atoms with Gasteiger partial charge < -0.3 is 17.7 Å². The summed E-state index contributed by atoms with van der Waals surface area (Å²) in [6.45, 7) is -5.02. The summed E-state index contributed by atoms with van der Waals surface area (Å²) in [7, 11) is 1.34. The van der Waals surface area contributed by atoms with Crippen molar-refractivity contribution in [1.82, 2.24) is 4.98 Å². The fraction of sp³-hybridized carbons (Fsp3) is 0.167. The van der Waals surface area contributed by atoms with Crippen molar-refractivity contribution in [3.05, 3.63) is 16.7 Å². The lowest BCUT2D eigenvalue weighted by atomic mass is 9.81. The molecule has 72 valence electrons. The van der Waals surface area contributed by atoms with Crippen LogP contribution in [0.4, 0.5) is 12.9 Å². The molecule has 1 aromatic rings. The zero-order chi connectivity index (χ0) is 10.1. The topological polar surface area (TPSA) is 22.1 Å². The summed E-state index contributed by atoms with van der Waals surface area (Å²) in [5, 5.41) is 0. The normalized spacial score (nSPS) is 11.5. The predicted octanol–water partition coefficient (Wildman–Crippen LogP) is 1.91. The molecule has 0 aromatic carbocycles. The van der Waals surface area contributed by atoms with Gasteiger partial charge in [0, 0.05) is 12.3 Å². The zero-order valence-corrected chi connectivity index (χ0v) is 8.19. The summed E-state index contributed by atoms with van der Waals surface area (Å²) in [6.07, 6.45) is 0.753. The van der Waals surface area contributed by atoms with Crippen LogP contribution in [0.25, 0.3) is 0 Å². The van der Waals surface area contributed by atoms with Gasteiger partial charge in [-0.2, -0.15) is 0 Å². The first-order valence-corrected chi connectivity index (χ1v) is 4.14. The van der Waals surface area contributed by atoms with Crippen molar-refractivity contribution >= 4 is 28.4 Å². The molecule has 0 aliphatic heterocycles. The number of rotatable bonds is 2. The largest absolute Gasteiger partial charge is 0.512 e.